The van der Waals surface area contributed by atoms with Crippen LogP contribution >= 0.6 is 0 Å². The van der Waals surface area contributed by atoms with Crippen molar-refractivity contribution in [3.05, 3.63) is 0 Å². The van der Waals surface area contributed by atoms with Gasteiger partial charge < -0.3 is 4.74 Å². The van der Waals surface area contributed by atoms with Crippen LogP contribution in [0.5, 0.6) is 0 Å². The molecule has 0 saturated heterocycles. The molecule has 1 aliphatic carbocycles. The second kappa shape index (κ2) is 5.41. The van der Waals surface area contributed by atoms with Gasteiger partial charge in [0.15, 0.2) is 11.8 Å². The molecule has 0 aromatic carbocycles. The lowest BCUT2D eigenvalue weighted by Gasteiger charge is -2.37. The number of hydrogen-bond donors (Lipinski definition) is 0. The fraction of sp³-hybridized carbons (Fsp3) is 1.00. The summed E-state index contributed by atoms with van der Waals surface area (Å²) in [7, 11) is 0. The lowest BCUT2D eigenvalue weighted by Crippen LogP contribution is -2.53. The maximum atomic E-state index is 13.8. The first-order valence-electron chi connectivity index (χ1n) is 5.48. The Balaban J connectivity index is 2.52. The molecule has 1 nitrogen and oxygen atoms in total. The molecule has 0 aromatic heterocycles. The van der Waals surface area contributed by atoms with Crippen molar-refractivity contribution in [3.63, 3.8) is 0 Å². The molecule has 3 unspecified atom stereocenters. The normalized spacial score (nSPS) is 33.2. The topological polar surface area (TPSA) is 9.23 Å². The summed E-state index contributed by atoms with van der Waals surface area (Å²) in [6.07, 6.45) is -13.5. The summed E-state index contributed by atoms with van der Waals surface area (Å²) in [4.78, 5) is 0. The molecule has 1 rings (SSSR count). The van der Waals surface area contributed by atoms with Gasteiger partial charge in [0.05, 0.1) is 13.2 Å². The minimum atomic E-state index is -5.19. The van der Waals surface area contributed by atoms with E-state index in [9.17, 15) is 35.1 Å². The van der Waals surface area contributed by atoms with Crippen molar-refractivity contribution in [1.29, 1.82) is 0 Å². The van der Waals surface area contributed by atoms with Gasteiger partial charge in [0, 0.05) is 6.42 Å². The molecule has 9 heteroatoms. The van der Waals surface area contributed by atoms with Crippen LogP contribution in [0.25, 0.3) is 0 Å². The Kier molecular flexibility index (Phi) is 4.69. The average Bonchev–Trinajstić information content (AvgIpc) is 2.24. The Bertz CT molecular complexity index is 304. The van der Waals surface area contributed by atoms with Crippen LogP contribution in [0, 0.1) is 0 Å². The summed E-state index contributed by atoms with van der Waals surface area (Å²) < 4.78 is 105. The maximum absolute atomic E-state index is 13.8. The van der Waals surface area contributed by atoms with E-state index in [1.54, 1.807) is 0 Å². The Morgan fingerprint density at radius 2 is 1.74 bits per heavy atom. The van der Waals surface area contributed by atoms with Gasteiger partial charge in [-0.1, -0.05) is 0 Å². The molecule has 0 aliphatic heterocycles. The van der Waals surface area contributed by atoms with E-state index in [1.165, 1.54) is 0 Å². The third-order valence-electron chi connectivity index (χ3n) is 2.89. The highest BCUT2D eigenvalue weighted by atomic mass is 19.4. The molecule has 0 amide bonds. The first-order valence-corrected chi connectivity index (χ1v) is 5.48. The van der Waals surface area contributed by atoms with Crippen molar-refractivity contribution in [3.8, 4) is 0 Å². The van der Waals surface area contributed by atoms with Gasteiger partial charge in [-0.3, -0.25) is 0 Å². The Morgan fingerprint density at radius 3 is 2.26 bits per heavy atom. The standard InChI is InChI=1S/C10H12F8O/c11-6(10(16,17)18)4-19-5-8(13)2-1-3-9(14,15)7(8)12/h6-7H,1-5H2. The lowest BCUT2D eigenvalue weighted by atomic mass is 9.82. The fourth-order valence-electron chi connectivity index (χ4n) is 1.82. The van der Waals surface area contributed by atoms with Crippen LogP contribution in [0.1, 0.15) is 19.3 Å². The quantitative estimate of drug-likeness (QED) is 0.718. The molecule has 1 aliphatic rings. The zero-order valence-electron chi connectivity index (χ0n) is 9.62. The first kappa shape index (κ1) is 16.5. The van der Waals surface area contributed by atoms with Gasteiger partial charge >= 0.3 is 6.18 Å². The molecule has 114 valence electrons. The number of ether oxygens (including phenoxy) is 1. The SMILES string of the molecule is FC(COCC1(F)CCCC(F)(F)C1F)C(F)(F)F. The van der Waals surface area contributed by atoms with E-state index in [2.05, 4.69) is 4.74 Å². The van der Waals surface area contributed by atoms with E-state index in [1.807, 2.05) is 0 Å². The van der Waals surface area contributed by atoms with Gasteiger partial charge in [0.1, 0.15) is 0 Å². The van der Waals surface area contributed by atoms with Crippen molar-refractivity contribution in [2.24, 2.45) is 0 Å². The van der Waals surface area contributed by atoms with Crippen LogP contribution in [0.4, 0.5) is 35.1 Å². The molecule has 19 heavy (non-hydrogen) atoms. The number of rotatable bonds is 4. The summed E-state index contributed by atoms with van der Waals surface area (Å²) in [6.45, 7) is -2.88. The Labute approximate surface area is 103 Å². The first-order chi connectivity index (χ1) is 8.49. The van der Waals surface area contributed by atoms with Gasteiger partial charge in [-0.25, -0.2) is 22.0 Å². The number of halogens is 8. The van der Waals surface area contributed by atoms with Crippen LogP contribution in [0.2, 0.25) is 0 Å². The second-order valence-corrected chi connectivity index (χ2v) is 4.54. The summed E-state index contributed by atoms with van der Waals surface area (Å²) in [5.74, 6) is -3.89. The van der Waals surface area contributed by atoms with E-state index in [0.29, 0.717) is 0 Å². The Hall–Kier alpha value is -0.600. The van der Waals surface area contributed by atoms with Crippen molar-refractivity contribution in [2.45, 2.75) is 49.4 Å². The predicted molar refractivity (Wildman–Crippen MR) is 49.3 cm³/mol. The molecule has 0 heterocycles. The van der Waals surface area contributed by atoms with Crippen molar-refractivity contribution < 1.29 is 39.9 Å². The number of hydrogen-bond acceptors (Lipinski definition) is 1. The van der Waals surface area contributed by atoms with E-state index in [-0.39, 0.29) is 6.42 Å². The smallest absolute Gasteiger partial charge is 0.375 e. The van der Waals surface area contributed by atoms with E-state index < -0.39 is 56.2 Å². The second-order valence-electron chi connectivity index (χ2n) is 4.54. The zero-order chi connectivity index (χ0) is 14.9. The molecule has 1 fully saturated rings. The molecule has 3 atom stereocenters. The maximum Gasteiger partial charge on any atom is 0.421 e. The molecular weight excluding hydrogens is 288 g/mol. The molecule has 0 aromatic rings. The van der Waals surface area contributed by atoms with Crippen molar-refractivity contribution in [2.75, 3.05) is 13.2 Å². The van der Waals surface area contributed by atoms with E-state index >= 15 is 0 Å². The van der Waals surface area contributed by atoms with E-state index in [0.717, 1.165) is 0 Å². The van der Waals surface area contributed by atoms with Crippen molar-refractivity contribution >= 4 is 0 Å². The molecule has 0 bridgehead atoms. The van der Waals surface area contributed by atoms with Crippen LogP contribution in [0.3, 0.4) is 0 Å². The minimum Gasteiger partial charge on any atom is -0.375 e. The molecule has 0 radical (unpaired) electrons. The van der Waals surface area contributed by atoms with Crippen molar-refractivity contribution in [1.82, 2.24) is 0 Å². The van der Waals surface area contributed by atoms with Gasteiger partial charge in [-0.2, -0.15) is 13.2 Å². The van der Waals surface area contributed by atoms with Crippen LogP contribution < -0.4 is 0 Å². The molecule has 0 N–H and O–H groups in total. The Morgan fingerprint density at radius 1 is 1.16 bits per heavy atom. The van der Waals surface area contributed by atoms with E-state index in [4.69, 9.17) is 0 Å². The minimum absolute atomic E-state index is 0.328. The average molecular weight is 300 g/mol. The number of alkyl halides is 8. The third kappa shape index (κ3) is 3.93. The van der Waals surface area contributed by atoms with Crippen LogP contribution in [-0.4, -0.2) is 43.3 Å². The molecule has 0 spiro atoms. The van der Waals surface area contributed by atoms with Gasteiger partial charge in [-0.05, 0) is 12.8 Å². The lowest BCUT2D eigenvalue weighted by molar-refractivity contribution is -0.208. The third-order valence-corrected chi connectivity index (χ3v) is 2.89. The molecule has 1 saturated carbocycles. The highest BCUT2D eigenvalue weighted by Crippen LogP contribution is 2.44. The fourth-order valence-corrected chi connectivity index (χ4v) is 1.82. The summed E-state index contributed by atoms with van der Waals surface area (Å²) >= 11 is 0. The van der Waals surface area contributed by atoms with Crippen LogP contribution in [0.15, 0.2) is 0 Å². The predicted octanol–water partition coefficient (Wildman–Crippen LogP) is 3.77. The van der Waals surface area contributed by atoms with Gasteiger partial charge in [-0.15, -0.1) is 0 Å². The largest absolute Gasteiger partial charge is 0.421 e. The van der Waals surface area contributed by atoms with Crippen LogP contribution in [-0.2, 0) is 4.74 Å². The summed E-state index contributed by atoms with van der Waals surface area (Å²) in [5, 5.41) is 0. The molecular formula is C10H12F8O. The van der Waals surface area contributed by atoms with Gasteiger partial charge in [0.2, 0.25) is 6.17 Å². The summed E-state index contributed by atoms with van der Waals surface area (Å²) in [5.41, 5.74) is -3.09. The summed E-state index contributed by atoms with van der Waals surface area (Å²) in [6, 6.07) is 0. The zero-order valence-corrected chi connectivity index (χ0v) is 9.62. The monoisotopic (exact) mass is 300 g/mol. The van der Waals surface area contributed by atoms with Gasteiger partial charge in [0.25, 0.3) is 5.92 Å². The highest BCUT2D eigenvalue weighted by Gasteiger charge is 2.57. The highest BCUT2D eigenvalue weighted by molar-refractivity contribution is 4.99.